The first-order chi connectivity index (χ1) is 11.7. The maximum absolute atomic E-state index is 2.28. The van der Waals surface area contributed by atoms with Crippen molar-refractivity contribution >= 4 is 22.1 Å². The summed E-state index contributed by atoms with van der Waals surface area (Å²) in [5, 5.41) is 0. The average Bonchev–Trinajstić information content (AvgIpc) is 3.10. The van der Waals surface area contributed by atoms with Gasteiger partial charge in [0.1, 0.15) is 13.1 Å². The van der Waals surface area contributed by atoms with E-state index in [0.29, 0.717) is 0 Å². The van der Waals surface area contributed by atoms with Gasteiger partial charge in [-0.3, -0.25) is 0 Å². The minimum absolute atomic E-state index is 0.882. The van der Waals surface area contributed by atoms with Gasteiger partial charge in [-0.25, -0.2) is 18.3 Å². The summed E-state index contributed by atoms with van der Waals surface area (Å²) in [7, 11) is 4.18. The molecule has 0 aliphatic carbocycles. The molecule has 4 nitrogen and oxygen atoms in total. The van der Waals surface area contributed by atoms with Gasteiger partial charge in [-0.2, -0.15) is 0 Å². The number of para-hydroxylation sites is 4. The zero-order valence-corrected chi connectivity index (χ0v) is 14.1. The van der Waals surface area contributed by atoms with Gasteiger partial charge in [0.2, 0.25) is 12.7 Å². The van der Waals surface area contributed by atoms with E-state index in [4.69, 9.17) is 0 Å². The quantitative estimate of drug-likeness (QED) is 0.406. The first kappa shape index (κ1) is 14.7. The highest BCUT2D eigenvalue weighted by molar-refractivity contribution is 5.72. The molecule has 4 aromatic rings. The van der Waals surface area contributed by atoms with Crippen LogP contribution in [0.15, 0.2) is 73.3 Å². The van der Waals surface area contributed by atoms with E-state index in [1.165, 1.54) is 22.1 Å². The third kappa shape index (κ3) is 2.50. The SMILES string of the molecule is C[n+]1cn(C/C=C/Cn2c[n+](C)c3ccccc32)c2ccccc21. The molecule has 24 heavy (non-hydrogen) atoms. The fraction of sp³-hybridized carbons (Fsp3) is 0.200. The van der Waals surface area contributed by atoms with Crippen LogP contribution >= 0.6 is 0 Å². The van der Waals surface area contributed by atoms with Crippen molar-refractivity contribution in [3.63, 3.8) is 0 Å². The molecule has 0 saturated heterocycles. The summed E-state index contributed by atoms with van der Waals surface area (Å²) in [5.74, 6) is 0. The summed E-state index contributed by atoms with van der Waals surface area (Å²) in [6.45, 7) is 1.76. The summed E-state index contributed by atoms with van der Waals surface area (Å²) >= 11 is 0. The molecule has 0 atom stereocenters. The van der Waals surface area contributed by atoms with Crippen molar-refractivity contribution in [2.24, 2.45) is 14.1 Å². The van der Waals surface area contributed by atoms with Crippen LogP contribution in [-0.2, 0) is 27.2 Å². The van der Waals surface area contributed by atoms with E-state index in [2.05, 4.69) is 106 Å². The third-order valence-electron chi connectivity index (χ3n) is 4.54. The Morgan fingerprint density at radius 2 is 1.12 bits per heavy atom. The molecule has 0 amide bonds. The van der Waals surface area contributed by atoms with Crippen LogP contribution in [0.3, 0.4) is 0 Å². The normalized spacial score (nSPS) is 11.9. The highest BCUT2D eigenvalue weighted by Gasteiger charge is 2.12. The Morgan fingerprint density at radius 1 is 0.708 bits per heavy atom. The van der Waals surface area contributed by atoms with Gasteiger partial charge < -0.3 is 0 Å². The molecule has 0 fully saturated rings. The smallest absolute Gasteiger partial charge is 0.233 e. The fourth-order valence-electron chi connectivity index (χ4n) is 3.34. The summed E-state index contributed by atoms with van der Waals surface area (Å²) in [6.07, 6.45) is 8.78. The molecule has 4 rings (SSSR count). The second-order valence-corrected chi connectivity index (χ2v) is 6.21. The minimum Gasteiger partial charge on any atom is -0.233 e. The van der Waals surface area contributed by atoms with E-state index < -0.39 is 0 Å². The summed E-state index contributed by atoms with van der Waals surface area (Å²) in [5.41, 5.74) is 5.05. The number of aryl methyl sites for hydroxylation is 2. The Kier molecular flexibility index (Phi) is 3.65. The van der Waals surface area contributed by atoms with Crippen LogP contribution in [0.4, 0.5) is 0 Å². The van der Waals surface area contributed by atoms with E-state index in [1.54, 1.807) is 0 Å². The summed E-state index contributed by atoms with van der Waals surface area (Å²) in [6, 6.07) is 17.0. The molecule has 0 bridgehead atoms. The van der Waals surface area contributed by atoms with Crippen molar-refractivity contribution in [1.82, 2.24) is 9.13 Å². The van der Waals surface area contributed by atoms with Crippen LogP contribution in [0, 0.1) is 0 Å². The number of imidazole rings is 2. The van der Waals surface area contributed by atoms with Crippen LogP contribution in [-0.4, -0.2) is 9.13 Å². The maximum Gasteiger partial charge on any atom is 0.244 e. The monoisotopic (exact) mass is 318 g/mol. The molecule has 120 valence electrons. The topological polar surface area (TPSA) is 17.6 Å². The predicted octanol–water partition coefficient (Wildman–Crippen LogP) is 2.50. The molecule has 0 saturated carbocycles. The van der Waals surface area contributed by atoms with Crippen molar-refractivity contribution in [2.75, 3.05) is 0 Å². The second-order valence-electron chi connectivity index (χ2n) is 6.21. The number of hydrogen-bond acceptors (Lipinski definition) is 0. The standard InChI is InChI=1S/C20H22N4/c1-21-15-23(19-11-5-3-9-17(19)21)13-7-8-14-24-16-22(2)18-10-4-6-12-20(18)24/h3-12,15-16H,13-14H2,1-2H3/q+2/b8-7+. The largest absolute Gasteiger partial charge is 0.244 e. The molecule has 2 heterocycles. The summed E-state index contributed by atoms with van der Waals surface area (Å²) < 4.78 is 8.89. The molecule has 0 aliphatic heterocycles. The number of allylic oxidation sites excluding steroid dienone is 2. The molecule has 2 aromatic heterocycles. The summed E-state index contributed by atoms with van der Waals surface area (Å²) in [4.78, 5) is 0. The van der Waals surface area contributed by atoms with Gasteiger partial charge in [0.25, 0.3) is 0 Å². The van der Waals surface area contributed by atoms with Crippen LogP contribution in [0.2, 0.25) is 0 Å². The maximum atomic E-state index is 2.28. The van der Waals surface area contributed by atoms with Gasteiger partial charge in [-0.1, -0.05) is 24.3 Å². The van der Waals surface area contributed by atoms with Gasteiger partial charge in [-0.05, 0) is 36.4 Å². The van der Waals surface area contributed by atoms with Crippen molar-refractivity contribution in [2.45, 2.75) is 13.1 Å². The highest BCUT2D eigenvalue weighted by atomic mass is 15.1. The van der Waals surface area contributed by atoms with Crippen LogP contribution < -0.4 is 9.13 Å². The molecule has 4 heteroatoms. The van der Waals surface area contributed by atoms with Crippen molar-refractivity contribution in [3.05, 3.63) is 73.3 Å². The number of aromatic nitrogens is 4. The van der Waals surface area contributed by atoms with Gasteiger partial charge >= 0.3 is 0 Å². The lowest BCUT2D eigenvalue weighted by atomic mass is 10.3. The lowest BCUT2D eigenvalue weighted by molar-refractivity contribution is -0.645. The number of fused-ring (bicyclic) bond motifs is 2. The Hall–Kier alpha value is -2.88. The van der Waals surface area contributed by atoms with E-state index in [-0.39, 0.29) is 0 Å². The molecule has 0 aliphatic rings. The lowest BCUT2D eigenvalue weighted by Gasteiger charge is -1.93. The molecular weight excluding hydrogens is 296 g/mol. The zero-order valence-electron chi connectivity index (χ0n) is 14.1. The number of hydrogen-bond donors (Lipinski definition) is 0. The predicted molar refractivity (Wildman–Crippen MR) is 95.4 cm³/mol. The third-order valence-corrected chi connectivity index (χ3v) is 4.54. The highest BCUT2D eigenvalue weighted by Crippen LogP contribution is 2.11. The second kappa shape index (κ2) is 5.96. The van der Waals surface area contributed by atoms with Gasteiger partial charge in [-0.15, -0.1) is 0 Å². The molecule has 0 radical (unpaired) electrons. The fourth-order valence-corrected chi connectivity index (χ4v) is 3.34. The van der Waals surface area contributed by atoms with Crippen LogP contribution in [0.1, 0.15) is 0 Å². The first-order valence-corrected chi connectivity index (χ1v) is 8.26. The molecule has 2 aromatic carbocycles. The van der Waals surface area contributed by atoms with Gasteiger partial charge in [0, 0.05) is 0 Å². The van der Waals surface area contributed by atoms with E-state index in [0.717, 1.165) is 13.1 Å². The molecule has 0 spiro atoms. The number of nitrogens with zero attached hydrogens (tertiary/aromatic N) is 4. The van der Waals surface area contributed by atoms with E-state index in [9.17, 15) is 0 Å². The van der Waals surface area contributed by atoms with E-state index >= 15 is 0 Å². The number of rotatable bonds is 4. The molecule has 0 unspecified atom stereocenters. The van der Waals surface area contributed by atoms with Crippen molar-refractivity contribution in [3.8, 4) is 0 Å². The van der Waals surface area contributed by atoms with Gasteiger partial charge in [0.15, 0.2) is 22.1 Å². The lowest BCUT2D eigenvalue weighted by Crippen LogP contribution is -2.25. The Balaban J connectivity index is 1.53. The average molecular weight is 318 g/mol. The first-order valence-electron chi connectivity index (χ1n) is 8.26. The zero-order chi connectivity index (χ0) is 16.5. The Bertz CT molecular complexity index is 952. The minimum atomic E-state index is 0.882. The van der Waals surface area contributed by atoms with Gasteiger partial charge in [0.05, 0.1) is 14.1 Å². The van der Waals surface area contributed by atoms with E-state index in [1.807, 2.05) is 0 Å². The molecule has 0 N–H and O–H groups in total. The van der Waals surface area contributed by atoms with Crippen molar-refractivity contribution in [1.29, 1.82) is 0 Å². The molecular formula is C20H22N4+2. The number of benzene rings is 2. The van der Waals surface area contributed by atoms with Crippen LogP contribution in [0.5, 0.6) is 0 Å². The van der Waals surface area contributed by atoms with Crippen LogP contribution in [0.25, 0.3) is 22.1 Å². The Labute approximate surface area is 141 Å². The van der Waals surface area contributed by atoms with Crippen molar-refractivity contribution < 1.29 is 9.13 Å². The Morgan fingerprint density at radius 3 is 1.58 bits per heavy atom.